The molecule has 15 nitrogen and oxygen atoms in total. The van der Waals surface area contributed by atoms with Crippen molar-refractivity contribution in [3.63, 3.8) is 0 Å². The monoisotopic (exact) mass is 823 g/mol. The molecule has 0 saturated carbocycles. The largest absolute Gasteiger partial charge is 0.394 e. The van der Waals surface area contributed by atoms with E-state index in [-0.39, 0.29) is 52.9 Å². The summed E-state index contributed by atoms with van der Waals surface area (Å²) >= 11 is 0. The van der Waals surface area contributed by atoms with Gasteiger partial charge in [-0.2, -0.15) is 0 Å². The van der Waals surface area contributed by atoms with E-state index in [0.29, 0.717) is 79.0 Å². The number of hydrogen-bond donors (Lipinski definition) is 4. The Morgan fingerprint density at radius 1 is 0.458 bits per heavy atom. The lowest BCUT2D eigenvalue weighted by molar-refractivity contribution is 0.0347. The van der Waals surface area contributed by atoms with Gasteiger partial charge >= 0.3 is 0 Å². The highest BCUT2D eigenvalue weighted by Gasteiger charge is 2.38. The predicted molar refractivity (Wildman–Crippen MR) is 229 cm³/mol. The zero-order chi connectivity index (χ0) is 42.0. The summed E-state index contributed by atoms with van der Waals surface area (Å²) in [5, 5.41) is 36.5. The summed E-state index contributed by atoms with van der Waals surface area (Å²) in [6.45, 7) is 6.98. The number of imidazole rings is 1. The zero-order valence-electron chi connectivity index (χ0n) is 34.8. The second kappa shape index (κ2) is 27.6. The molecule has 4 aromatic rings. The van der Waals surface area contributed by atoms with Crippen LogP contribution in [0.2, 0.25) is 0 Å². The van der Waals surface area contributed by atoms with E-state index in [1.807, 2.05) is 26.6 Å². The molecule has 0 aliphatic heterocycles. The topological polar surface area (TPSA) is 164 Å². The Morgan fingerprint density at radius 2 is 0.780 bits per heavy atom. The maximum absolute atomic E-state index is 9.27. The minimum absolute atomic E-state index is 0.0194. The molecule has 4 N–H and O–H groups in total. The van der Waals surface area contributed by atoms with E-state index in [1.165, 1.54) is 0 Å². The Bertz CT molecular complexity index is 1550. The van der Waals surface area contributed by atoms with Gasteiger partial charge in [-0.05, 0) is 53.1 Å². The zero-order valence-corrected chi connectivity index (χ0v) is 34.8. The summed E-state index contributed by atoms with van der Waals surface area (Å²) < 4.78 is 35.8. The molecular weight excluding hydrogens is 759 g/mol. The minimum Gasteiger partial charge on any atom is -0.394 e. The van der Waals surface area contributed by atoms with Crippen LogP contribution in [0.25, 0.3) is 0 Å². The molecule has 0 atom stereocenters. The normalized spacial score (nSPS) is 11.6. The summed E-state index contributed by atoms with van der Waals surface area (Å²) in [5.41, 5.74) is 5.40. The van der Waals surface area contributed by atoms with Gasteiger partial charge in [-0.25, -0.2) is 4.98 Å². The number of nitrogens with zero attached hydrogens (tertiary/aromatic N) is 5. The molecule has 0 bridgehead atoms. The van der Waals surface area contributed by atoms with Crippen molar-refractivity contribution in [3.05, 3.63) is 108 Å². The van der Waals surface area contributed by atoms with Crippen molar-refractivity contribution in [3.8, 4) is 0 Å². The number of anilines is 3. The molecule has 0 unspecified atom stereocenters. The molecular formula is C44H65N5O10. The lowest BCUT2D eigenvalue weighted by Crippen LogP contribution is -2.37. The Morgan fingerprint density at radius 3 is 1.08 bits per heavy atom. The first-order chi connectivity index (χ1) is 29.0. The van der Waals surface area contributed by atoms with Crippen molar-refractivity contribution in [2.45, 2.75) is 5.54 Å². The van der Waals surface area contributed by atoms with Crippen LogP contribution in [0.1, 0.15) is 16.7 Å². The molecule has 4 rings (SSSR count). The first-order valence-electron chi connectivity index (χ1n) is 20.4. The fraction of sp³-hybridized carbons (Fsp3) is 0.523. The summed E-state index contributed by atoms with van der Waals surface area (Å²) in [7, 11) is 4.06. The van der Waals surface area contributed by atoms with E-state index in [4.69, 9.17) is 38.6 Å². The van der Waals surface area contributed by atoms with Crippen molar-refractivity contribution in [1.82, 2.24) is 9.55 Å². The van der Waals surface area contributed by atoms with Crippen LogP contribution in [-0.2, 0) is 34.0 Å². The van der Waals surface area contributed by atoms with Crippen LogP contribution in [0.15, 0.2) is 91.5 Å². The van der Waals surface area contributed by atoms with Crippen LogP contribution >= 0.6 is 0 Å². The molecule has 0 aliphatic carbocycles. The Hall–Kier alpha value is -4.13. The SMILES string of the molecule is CN(C)c1ccc(C(c2ccc(N(CCOCCO)CCOCCOCCO)cc2)(c2ccc(N(CCOCCO)CCOCCOCCO)cc2)n2ccnc2)cc1. The molecule has 0 aliphatic rings. The molecule has 15 heteroatoms. The fourth-order valence-electron chi connectivity index (χ4n) is 6.78. The number of hydrogen-bond acceptors (Lipinski definition) is 14. The third kappa shape index (κ3) is 14.8. The summed E-state index contributed by atoms with van der Waals surface area (Å²) in [6, 6.07) is 25.8. The molecule has 1 aromatic heterocycles. The number of aromatic nitrogens is 2. The average Bonchev–Trinajstić information content (AvgIpc) is 3.81. The van der Waals surface area contributed by atoms with Gasteiger partial charge in [0.1, 0.15) is 5.54 Å². The molecule has 326 valence electrons. The highest BCUT2D eigenvalue weighted by atomic mass is 16.5. The Kier molecular flexibility index (Phi) is 22.2. The quantitative estimate of drug-likeness (QED) is 0.0410. The average molecular weight is 824 g/mol. The molecule has 0 fully saturated rings. The minimum atomic E-state index is -0.808. The van der Waals surface area contributed by atoms with Gasteiger partial charge in [0.2, 0.25) is 0 Å². The van der Waals surface area contributed by atoms with Gasteiger partial charge in [0.25, 0.3) is 0 Å². The van der Waals surface area contributed by atoms with Gasteiger partial charge in [0.05, 0.1) is 112 Å². The van der Waals surface area contributed by atoms with Crippen LogP contribution < -0.4 is 14.7 Å². The van der Waals surface area contributed by atoms with Gasteiger partial charge in [0.15, 0.2) is 0 Å². The van der Waals surface area contributed by atoms with Gasteiger partial charge in [0, 0.05) is 69.7 Å². The van der Waals surface area contributed by atoms with Gasteiger partial charge in [-0.3, -0.25) is 0 Å². The fourth-order valence-corrected chi connectivity index (χ4v) is 6.78. The van der Waals surface area contributed by atoms with E-state index < -0.39 is 5.54 Å². The second-order valence-electron chi connectivity index (χ2n) is 13.8. The van der Waals surface area contributed by atoms with Crippen LogP contribution in [-0.4, -0.2) is 176 Å². The number of benzene rings is 3. The van der Waals surface area contributed by atoms with E-state index in [1.54, 1.807) is 6.20 Å². The molecule has 0 amide bonds. The third-order valence-electron chi connectivity index (χ3n) is 9.70. The predicted octanol–water partition coefficient (Wildman–Crippen LogP) is 2.47. The Labute approximate surface area is 349 Å². The van der Waals surface area contributed by atoms with Crippen molar-refractivity contribution >= 4 is 17.1 Å². The van der Waals surface area contributed by atoms with E-state index >= 15 is 0 Å². The molecule has 0 saturated heterocycles. The Balaban J connectivity index is 1.70. The van der Waals surface area contributed by atoms with Crippen LogP contribution in [0.4, 0.5) is 17.1 Å². The van der Waals surface area contributed by atoms with E-state index in [2.05, 4.69) is 97.0 Å². The highest BCUT2D eigenvalue weighted by Crippen LogP contribution is 2.42. The van der Waals surface area contributed by atoms with Crippen molar-refractivity contribution in [2.75, 3.05) is 161 Å². The maximum atomic E-state index is 9.27. The van der Waals surface area contributed by atoms with Crippen LogP contribution in [0.3, 0.4) is 0 Å². The summed E-state index contributed by atoms with van der Waals surface area (Å²) in [5.74, 6) is 0. The lowest BCUT2D eigenvalue weighted by Gasteiger charge is -2.38. The first-order valence-corrected chi connectivity index (χ1v) is 20.4. The van der Waals surface area contributed by atoms with Crippen molar-refractivity contribution in [2.24, 2.45) is 0 Å². The van der Waals surface area contributed by atoms with E-state index in [0.717, 1.165) is 33.8 Å². The van der Waals surface area contributed by atoms with Crippen LogP contribution in [0, 0.1) is 0 Å². The summed E-state index contributed by atoms with van der Waals surface area (Å²) in [6.07, 6.45) is 5.67. The molecule has 0 spiro atoms. The number of aliphatic hydroxyl groups excluding tert-OH is 4. The van der Waals surface area contributed by atoms with Crippen LogP contribution in [0.5, 0.6) is 0 Å². The molecule has 59 heavy (non-hydrogen) atoms. The lowest BCUT2D eigenvalue weighted by atomic mass is 9.76. The van der Waals surface area contributed by atoms with Gasteiger partial charge in [-0.1, -0.05) is 36.4 Å². The molecule has 0 radical (unpaired) electrons. The second-order valence-corrected chi connectivity index (χ2v) is 13.8. The standard InChI is InChI=1S/C44H65N5O10/c1-46(2)41-9-3-38(4-10-41)44(49-16-15-45-37-49,39-5-11-42(12-6-39)47(17-25-54-29-21-50)19-27-56-33-35-58-31-23-52)40-7-13-43(14-8-40)48(18-26-55-30-22-51)20-28-57-34-36-59-32-24-53/h3-16,37,50-53H,17-36H2,1-2H3. The van der Waals surface area contributed by atoms with Gasteiger partial charge < -0.3 is 68.1 Å². The summed E-state index contributed by atoms with van der Waals surface area (Å²) in [4.78, 5) is 11.0. The maximum Gasteiger partial charge on any atom is 0.121 e. The number of rotatable bonds is 33. The molecule has 3 aromatic carbocycles. The van der Waals surface area contributed by atoms with Crippen molar-refractivity contribution in [1.29, 1.82) is 0 Å². The highest BCUT2D eigenvalue weighted by molar-refractivity contribution is 5.59. The van der Waals surface area contributed by atoms with Crippen molar-refractivity contribution < 1.29 is 48.8 Å². The smallest absolute Gasteiger partial charge is 0.121 e. The number of aliphatic hydroxyl groups is 4. The van der Waals surface area contributed by atoms with E-state index in [9.17, 15) is 10.2 Å². The third-order valence-corrected chi connectivity index (χ3v) is 9.70. The first kappa shape index (κ1) is 47.5. The molecule has 1 heterocycles. The van der Waals surface area contributed by atoms with Gasteiger partial charge in [-0.15, -0.1) is 0 Å². The number of ether oxygens (including phenoxy) is 6.